The highest BCUT2D eigenvalue weighted by Crippen LogP contribution is 2.10. The van der Waals surface area contributed by atoms with Crippen LogP contribution in [0.25, 0.3) is 0 Å². The van der Waals surface area contributed by atoms with Crippen molar-refractivity contribution < 1.29 is 18.4 Å². The number of carbonyl (C=O) groups excluding carboxylic acids is 2. The maximum atomic E-state index is 13.2. The molecule has 0 spiro atoms. The zero-order chi connectivity index (χ0) is 13.0. The van der Waals surface area contributed by atoms with E-state index in [1.165, 1.54) is 0 Å². The molecule has 0 saturated heterocycles. The molecule has 5 heteroatoms. The number of hydrogen-bond donors (Lipinski definition) is 1. The zero-order valence-electron chi connectivity index (χ0n) is 9.59. The third-order valence-corrected chi connectivity index (χ3v) is 2.05. The summed E-state index contributed by atoms with van der Waals surface area (Å²) >= 11 is 0. The van der Waals surface area contributed by atoms with Gasteiger partial charge in [0, 0.05) is 6.54 Å². The quantitative estimate of drug-likeness (QED) is 0.646. The monoisotopic (exact) mass is 241 g/mol. The van der Waals surface area contributed by atoms with Crippen molar-refractivity contribution in [3.05, 3.63) is 35.4 Å². The van der Waals surface area contributed by atoms with Crippen molar-refractivity contribution in [1.29, 1.82) is 0 Å². The number of hydrogen-bond acceptors (Lipinski definition) is 2. The Labute approximate surface area is 97.8 Å². The molecule has 1 N–H and O–H groups in total. The summed E-state index contributed by atoms with van der Waals surface area (Å²) < 4.78 is 26.0. The van der Waals surface area contributed by atoms with Gasteiger partial charge in [0.1, 0.15) is 11.6 Å². The zero-order valence-corrected chi connectivity index (χ0v) is 9.59. The number of carbonyl (C=O) groups is 2. The highest BCUT2D eigenvalue weighted by atomic mass is 19.1. The van der Waals surface area contributed by atoms with Gasteiger partial charge in [0.2, 0.25) is 0 Å². The van der Waals surface area contributed by atoms with Gasteiger partial charge in [-0.2, -0.15) is 0 Å². The Kier molecular flexibility index (Phi) is 4.31. The molecule has 0 atom stereocenters. The minimum atomic E-state index is -1.07. The molecule has 0 aliphatic rings. The van der Waals surface area contributed by atoms with Gasteiger partial charge in [0.15, 0.2) is 0 Å². The van der Waals surface area contributed by atoms with Crippen molar-refractivity contribution in [3.63, 3.8) is 0 Å². The molecule has 0 unspecified atom stereocenters. The summed E-state index contributed by atoms with van der Waals surface area (Å²) in [4.78, 5) is 22.9. The second kappa shape index (κ2) is 5.52. The molecule has 0 saturated carbocycles. The normalized spacial score (nSPS) is 10.4. The average Bonchev–Trinajstić information content (AvgIpc) is 2.28. The molecule has 1 aromatic rings. The molecule has 0 bridgehead atoms. The number of ketones is 1. The maximum absolute atomic E-state index is 13.2. The van der Waals surface area contributed by atoms with Crippen LogP contribution in [0.3, 0.4) is 0 Å². The Morgan fingerprint density at radius 1 is 1.29 bits per heavy atom. The van der Waals surface area contributed by atoms with Gasteiger partial charge in [0.05, 0.1) is 5.56 Å². The molecule has 0 aromatic heterocycles. The summed E-state index contributed by atoms with van der Waals surface area (Å²) in [5.74, 6) is -3.49. The van der Waals surface area contributed by atoms with E-state index in [9.17, 15) is 18.4 Å². The molecule has 0 aliphatic heterocycles. The van der Waals surface area contributed by atoms with E-state index in [-0.39, 0.29) is 5.92 Å². The summed E-state index contributed by atoms with van der Waals surface area (Å²) in [6.45, 7) is 4.02. The van der Waals surface area contributed by atoms with E-state index in [0.717, 1.165) is 12.1 Å². The second-order valence-corrected chi connectivity index (χ2v) is 4.06. The van der Waals surface area contributed by atoms with E-state index in [1.54, 1.807) is 0 Å². The second-order valence-electron chi connectivity index (χ2n) is 4.06. The summed E-state index contributed by atoms with van der Waals surface area (Å²) in [7, 11) is 0. The number of rotatable bonds is 4. The van der Waals surface area contributed by atoms with Crippen LogP contribution < -0.4 is 5.32 Å². The number of halogens is 2. The van der Waals surface area contributed by atoms with Crippen molar-refractivity contribution in [3.8, 4) is 0 Å². The fourth-order valence-electron chi connectivity index (χ4n) is 1.17. The van der Waals surface area contributed by atoms with Crippen molar-refractivity contribution in [1.82, 2.24) is 5.32 Å². The molecule has 0 radical (unpaired) electrons. The lowest BCUT2D eigenvalue weighted by Gasteiger charge is -2.07. The average molecular weight is 241 g/mol. The lowest BCUT2D eigenvalue weighted by atomic mass is 10.1. The van der Waals surface area contributed by atoms with Crippen molar-refractivity contribution >= 4 is 11.7 Å². The van der Waals surface area contributed by atoms with Crippen LogP contribution in [-0.2, 0) is 4.79 Å². The van der Waals surface area contributed by atoms with Gasteiger partial charge in [-0.15, -0.1) is 0 Å². The minimum Gasteiger partial charge on any atom is -0.349 e. The molecule has 1 aromatic carbocycles. The van der Waals surface area contributed by atoms with Crippen LogP contribution >= 0.6 is 0 Å². The first-order valence-corrected chi connectivity index (χ1v) is 5.19. The third kappa shape index (κ3) is 3.62. The molecule has 17 heavy (non-hydrogen) atoms. The predicted octanol–water partition coefficient (Wildman–Crippen LogP) is 1.92. The highest BCUT2D eigenvalue weighted by molar-refractivity contribution is 6.42. The lowest BCUT2D eigenvalue weighted by molar-refractivity contribution is -0.117. The predicted molar refractivity (Wildman–Crippen MR) is 58.5 cm³/mol. The SMILES string of the molecule is CC(C)CNC(=O)C(=O)c1cc(F)ccc1F. The Morgan fingerprint density at radius 2 is 1.94 bits per heavy atom. The lowest BCUT2D eigenvalue weighted by Crippen LogP contribution is -2.34. The maximum Gasteiger partial charge on any atom is 0.292 e. The van der Waals surface area contributed by atoms with Crippen LogP contribution in [0.1, 0.15) is 24.2 Å². The van der Waals surface area contributed by atoms with Gasteiger partial charge in [-0.1, -0.05) is 13.8 Å². The van der Waals surface area contributed by atoms with Crippen molar-refractivity contribution in [2.45, 2.75) is 13.8 Å². The fourth-order valence-corrected chi connectivity index (χ4v) is 1.17. The highest BCUT2D eigenvalue weighted by Gasteiger charge is 2.20. The largest absolute Gasteiger partial charge is 0.349 e. The molecule has 0 heterocycles. The van der Waals surface area contributed by atoms with E-state index >= 15 is 0 Å². The van der Waals surface area contributed by atoms with Crippen molar-refractivity contribution in [2.24, 2.45) is 5.92 Å². The number of nitrogens with one attached hydrogen (secondary N) is 1. The number of Topliss-reactive ketones (excluding diaryl/α,β-unsaturated/α-hetero) is 1. The number of amides is 1. The standard InChI is InChI=1S/C12H13F2NO2/c1-7(2)6-15-12(17)11(16)9-5-8(13)3-4-10(9)14/h3-5,7H,6H2,1-2H3,(H,15,17). The molecule has 3 nitrogen and oxygen atoms in total. The van der Waals surface area contributed by atoms with E-state index in [4.69, 9.17) is 0 Å². The first-order chi connectivity index (χ1) is 7.91. The molecule has 0 aliphatic carbocycles. The fraction of sp³-hybridized carbons (Fsp3) is 0.333. The van der Waals surface area contributed by atoms with Crippen LogP contribution in [-0.4, -0.2) is 18.2 Å². The Morgan fingerprint density at radius 3 is 2.53 bits per heavy atom. The van der Waals surface area contributed by atoms with Gasteiger partial charge in [-0.05, 0) is 24.1 Å². The van der Waals surface area contributed by atoms with E-state index in [0.29, 0.717) is 12.6 Å². The number of benzene rings is 1. The van der Waals surface area contributed by atoms with Gasteiger partial charge in [-0.3, -0.25) is 9.59 Å². The summed E-state index contributed by atoms with van der Waals surface area (Å²) in [5.41, 5.74) is -0.550. The van der Waals surface area contributed by atoms with E-state index < -0.39 is 28.9 Å². The topological polar surface area (TPSA) is 46.2 Å². The first kappa shape index (κ1) is 13.3. The molecule has 92 valence electrons. The smallest absolute Gasteiger partial charge is 0.292 e. The van der Waals surface area contributed by atoms with E-state index in [2.05, 4.69) is 5.32 Å². The van der Waals surface area contributed by atoms with Crippen LogP contribution in [0.4, 0.5) is 8.78 Å². The van der Waals surface area contributed by atoms with Gasteiger partial charge < -0.3 is 5.32 Å². The van der Waals surface area contributed by atoms with E-state index in [1.807, 2.05) is 13.8 Å². The summed E-state index contributed by atoms with van der Waals surface area (Å²) in [5, 5.41) is 2.35. The van der Waals surface area contributed by atoms with Crippen LogP contribution in [0, 0.1) is 17.6 Å². The van der Waals surface area contributed by atoms with Gasteiger partial charge in [-0.25, -0.2) is 8.78 Å². The molecule has 0 fully saturated rings. The first-order valence-electron chi connectivity index (χ1n) is 5.19. The summed E-state index contributed by atoms with van der Waals surface area (Å²) in [6, 6.07) is 2.42. The molecular formula is C12H13F2NO2. The van der Waals surface area contributed by atoms with Gasteiger partial charge >= 0.3 is 0 Å². The van der Waals surface area contributed by atoms with Crippen LogP contribution in [0.2, 0.25) is 0 Å². The van der Waals surface area contributed by atoms with Crippen LogP contribution in [0.15, 0.2) is 18.2 Å². The van der Waals surface area contributed by atoms with Gasteiger partial charge in [0.25, 0.3) is 11.7 Å². The molecular weight excluding hydrogens is 228 g/mol. The Hall–Kier alpha value is -1.78. The summed E-state index contributed by atoms with van der Waals surface area (Å²) in [6.07, 6.45) is 0. The molecule has 1 rings (SSSR count). The molecule has 1 amide bonds. The minimum absolute atomic E-state index is 0.170. The third-order valence-electron chi connectivity index (χ3n) is 2.05. The Bertz CT molecular complexity index is 444. The van der Waals surface area contributed by atoms with Crippen molar-refractivity contribution in [2.75, 3.05) is 6.54 Å². The van der Waals surface area contributed by atoms with Crippen LogP contribution in [0.5, 0.6) is 0 Å². The Balaban J connectivity index is 2.82.